The Bertz CT molecular complexity index is 968. The van der Waals surface area contributed by atoms with E-state index in [4.69, 9.17) is 4.52 Å². The molecular weight excluding hydrogens is 370 g/mol. The third-order valence-corrected chi connectivity index (χ3v) is 5.43. The van der Waals surface area contributed by atoms with E-state index in [1.807, 2.05) is 21.7 Å². The van der Waals surface area contributed by atoms with Crippen LogP contribution in [0.15, 0.2) is 29.0 Å². The molecule has 0 unspecified atom stereocenters. The van der Waals surface area contributed by atoms with Gasteiger partial charge in [0.2, 0.25) is 17.6 Å². The van der Waals surface area contributed by atoms with Gasteiger partial charge in [0.05, 0.1) is 6.54 Å². The van der Waals surface area contributed by atoms with Crippen LogP contribution in [0.1, 0.15) is 49.1 Å². The van der Waals surface area contributed by atoms with Crippen LogP contribution in [0.3, 0.4) is 0 Å². The zero-order valence-corrected chi connectivity index (χ0v) is 16.2. The molecule has 0 bridgehead atoms. The van der Waals surface area contributed by atoms with Crippen molar-refractivity contribution in [1.82, 2.24) is 34.8 Å². The number of amides is 1. The van der Waals surface area contributed by atoms with E-state index in [1.54, 1.807) is 12.4 Å². The molecule has 1 amide bonds. The molecule has 0 spiro atoms. The second-order valence-electron chi connectivity index (χ2n) is 7.62. The lowest BCUT2D eigenvalue weighted by Crippen LogP contribution is -2.33. The quantitative estimate of drug-likeness (QED) is 0.631. The van der Waals surface area contributed by atoms with Crippen LogP contribution in [-0.2, 0) is 24.2 Å². The Hall–Kier alpha value is -3.10. The summed E-state index contributed by atoms with van der Waals surface area (Å²) in [6.45, 7) is 2.11. The van der Waals surface area contributed by atoms with Gasteiger partial charge >= 0.3 is 0 Å². The van der Waals surface area contributed by atoms with Gasteiger partial charge in [-0.25, -0.2) is 9.67 Å². The number of pyridine rings is 1. The maximum Gasteiger partial charge on any atom is 0.226 e. The number of nitrogens with zero attached hydrogens (tertiary/aromatic N) is 7. The monoisotopic (exact) mass is 393 g/mol. The summed E-state index contributed by atoms with van der Waals surface area (Å²) < 4.78 is 7.29. The van der Waals surface area contributed by atoms with Crippen molar-refractivity contribution >= 4 is 5.91 Å². The molecule has 150 valence electrons. The molecule has 9 heteroatoms. The molecule has 1 saturated carbocycles. The van der Waals surface area contributed by atoms with Gasteiger partial charge in [0.15, 0.2) is 5.82 Å². The molecule has 0 radical (unpaired) electrons. The number of aryl methyl sites for hydroxylation is 1. The highest BCUT2D eigenvalue weighted by Crippen LogP contribution is 2.38. The topological polar surface area (TPSA) is 103 Å². The molecule has 29 heavy (non-hydrogen) atoms. The van der Waals surface area contributed by atoms with Crippen LogP contribution in [-0.4, -0.2) is 53.8 Å². The van der Waals surface area contributed by atoms with Gasteiger partial charge < -0.3 is 9.42 Å². The van der Waals surface area contributed by atoms with Gasteiger partial charge in [-0.1, -0.05) is 5.16 Å². The number of rotatable bonds is 6. The van der Waals surface area contributed by atoms with Crippen LogP contribution < -0.4 is 0 Å². The Labute approximate surface area is 168 Å². The number of carbonyl (C=O) groups is 1. The number of hydrogen-bond donors (Lipinski definition) is 0. The van der Waals surface area contributed by atoms with E-state index in [0.717, 1.165) is 30.2 Å². The first-order valence-corrected chi connectivity index (χ1v) is 10.2. The normalized spacial score (nSPS) is 16.5. The Kier molecular flexibility index (Phi) is 4.79. The summed E-state index contributed by atoms with van der Waals surface area (Å²) in [6.07, 6.45) is 8.31. The summed E-state index contributed by atoms with van der Waals surface area (Å²) in [5, 5.41) is 8.63. The van der Waals surface area contributed by atoms with Gasteiger partial charge in [-0.05, 0) is 31.4 Å². The van der Waals surface area contributed by atoms with E-state index in [-0.39, 0.29) is 5.91 Å². The first-order chi connectivity index (χ1) is 14.3. The van der Waals surface area contributed by atoms with Crippen molar-refractivity contribution in [1.29, 1.82) is 0 Å². The molecule has 5 rings (SSSR count). The van der Waals surface area contributed by atoms with Crippen LogP contribution in [0.4, 0.5) is 0 Å². The first-order valence-electron chi connectivity index (χ1n) is 10.2. The highest BCUT2D eigenvalue weighted by molar-refractivity contribution is 5.76. The van der Waals surface area contributed by atoms with Gasteiger partial charge in [-0.15, -0.1) is 0 Å². The van der Waals surface area contributed by atoms with Crippen LogP contribution in [0.5, 0.6) is 0 Å². The Morgan fingerprint density at radius 1 is 1.14 bits per heavy atom. The summed E-state index contributed by atoms with van der Waals surface area (Å²) in [5.74, 6) is 3.83. The molecule has 1 fully saturated rings. The fourth-order valence-electron chi connectivity index (χ4n) is 3.61. The van der Waals surface area contributed by atoms with Crippen molar-refractivity contribution < 1.29 is 9.32 Å². The molecule has 3 aromatic heterocycles. The van der Waals surface area contributed by atoms with Gasteiger partial charge in [-0.2, -0.15) is 10.1 Å². The van der Waals surface area contributed by atoms with E-state index in [2.05, 4.69) is 25.2 Å². The summed E-state index contributed by atoms with van der Waals surface area (Å²) in [4.78, 5) is 27.6. The van der Waals surface area contributed by atoms with Crippen molar-refractivity contribution in [3.05, 3.63) is 42.1 Å². The van der Waals surface area contributed by atoms with Gasteiger partial charge in [-0.3, -0.25) is 9.78 Å². The summed E-state index contributed by atoms with van der Waals surface area (Å²) in [6, 6.07) is 3.68. The van der Waals surface area contributed by atoms with Crippen LogP contribution in [0.25, 0.3) is 11.4 Å². The largest absolute Gasteiger partial charge is 0.340 e. The van der Waals surface area contributed by atoms with Gasteiger partial charge in [0.25, 0.3) is 0 Å². The second kappa shape index (κ2) is 7.73. The standard InChI is InChI=1S/C20H23N7O2/c28-18(3-1-2-17-23-20(25-29-17)15-6-9-21-10-7-15)26-11-8-16-22-19(14-4-5-14)24-27(16)13-12-26/h6-7,9-10,14H,1-5,8,11-13H2. The lowest BCUT2D eigenvalue weighted by molar-refractivity contribution is -0.131. The average Bonchev–Trinajstić information content (AvgIpc) is 3.42. The van der Waals surface area contributed by atoms with Crippen LogP contribution in [0.2, 0.25) is 0 Å². The van der Waals surface area contributed by atoms with Gasteiger partial charge in [0.1, 0.15) is 5.82 Å². The minimum atomic E-state index is 0.159. The predicted molar refractivity (Wildman–Crippen MR) is 103 cm³/mol. The smallest absolute Gasteiger partial charge is 0.226 e. The van der Waals surface area contributed by atoms with E-state index in [9.17, 15) is 4.79 Å². The maximum atomic E-state index is 12.6. The molecule has 0 N–H and O–H groups in total. The average molecular weight is 393 g/mol. The molecule has 0 atom stereocenters. The second-order valence-corrected chi connectivity index (χ2v) is 7.62. The molecule has 9 nitrogen and oxygen atoms in total. The highest BCUT2D eigenvalue weighted by Gasteiger charge is 2.30. The van der Waals surface area contributed by atoms with E-state index in [1.165, 1.54) is 12.8 Å². The SMILES string of the molecule is O=C(CCCc1nc(-c2ccncc2)no1)N1CCc2nc(C3CC3)nn2CC1. The lowest BCUT2D eigenvalue weighted by Gasteiger charge is -2.19. The van der Waals surface area contributed by atoms with Crippen LogP contribution >= 0.6 is 0 Å². The van der Waals surface area contributed by atoms with E-state index in [0.29, 0.717) is 50.0 Å². The highest BCUT2D eigenvalue weighted by atomic mass is 16.5. The number of aromatic nitrogens is 6. The van der Waals surface area contributed by atoms with Gasteiger partial charge in [0, 0.05) is 56.2 Å². The molecule has 4 heterocycles. The third-order valence-electron chi connectivity index (χ3n) is 5.43. The Morgan fingerprint density at radius 3 is 2.83 bits per heavy atom. The van der Waals surface area contributed by atoms with E-state index >= 15 is 0 Å². The maximum absolute atomic E-state index is 12.6. The van der Waals surface area contributed by atoms with Crippen molar-refractivity contribution in [2.24, 2.45) is 0 Å². The van der Waals surface area contributed by atoms with Crippen molar-refractivity contribution in [3.63, 3.8) is 0 Å². The summed E-state index contributed by atoms with van der Waals surface area (Å²) in [5.41, 5.74) is 0.867. The third kappa shape index (κ3) is 4.03. The minimum Gasteiger partial charge on any atom is -0.340 e. The van der Waals surface area contributed by atoms with Crippen molar-refractivity contribution in [3.8, 4) is 11.4 Å². The lowest BCUT2D eigenvalue weighted by atomic mass is 10.2. The van der Waals surface area contributed by atoms with E-state index < -0.39 is 0 Å². The molecule has 0 aromatic carbocycles. The van der Waals surface area contributed by atoms with Crippen LogP contribution in [0, 0.1) is 0 Å². The molecule has 2 aliphatic rings. The molecule has 1 aliphatic carbocycles. The summed E-state index contributed by atoms with van der Waals surface area (Å²) >= 11 is 0. The number of carbonyl (C=O) groups excluding carboxylic acids is 1. The zero-order valence-electron chi connectivity index (χ0n) is 16.2. The fraction of sp³-hybridized carbons (Fsp3) is 0.500. The number of hydrogen-bond acceptors (Lipinski definition) is 7. The number of fused-ring (bicyclic) bond motifs is 1. The summed E-state index contributed by atoms with van der Waals surface area (Å²) in [7, 11) is 0. The Morgan fingerprint density at radius 2 is 2.00 bits per heavy atom. The first kappa shape index (κ1) is 18.0. The molecular formula is C20H23N7O2. The molecule has 0 saturated heterocycles. The zero-order chi connectivity index (χ0) is 19.6. The predicted octanol–water partition coefficient (Wildman–Crippen LogP) is 2.01. The minimum absolute atomic E-state index is 0.159. The molecule has 1 aliphatic heterocycles. The van der Waals surface area contributed by atoms with Crippen molar-refractivity contribution in [2.75, 3.05) is 13.1 Å². The van der Waals surface area contributed by atoms with Crippen molar-refractivity contribution in [2.45, 2.75) is 51.0 Å². The Balaban J connectivity index is 1.11. The molecule has 3 aromatic rings. The fourth-order valence-corrected chi connectivity index (χ4v) is 3.61.